The van der Waals surface area contributed by atoms with Crippen LogP contribution in [-0.2, 0) is 9.53 Å². The molecule has 292 valence electrons. The van der Waals surface area contributed by atoms with Crippen molar-refractivity contribution in [3.05, 3.63) is 88.2 Å². The number of alkyl halides is 1. The topological polar surface area (TPSA) is 120 Å². The van der Waals surface area contributed by atoms with Crippen molar-refractivity contribution >= 4 is 52.5 Å². The summed E-state index contributed by atoms with van der Waals surface area (Å²) in [5.74, 6) is -1.71. The van der Waals surface area contributed by atoms with Crippen molar-refractivity contribution in [1.29, 1.82) is 0 Å². The van der Waals surface area contributed by atoms with E-state index in [4.69, 9.17) is 33.7 Å². The van der Waals surface area contributed by atoms with Crippen molar-refractivity contribution in [3.63, 3.8) is 0 Å². The molecule has 0 saturated carbocycles. The number of anilines is 1. The number of aliphatic imine (C=N–C) groups is 1. The highest BCUT2D eigenvalue weighted by Gasteiger charge is 2.41. The first-order chi connectivity index (χ1) is 25.1. The minimum Gasteiger partial charge on any atom is -0.480 e. The van der Waals surface area contributed by atoms with Crippen molar-refractivity contribution in [1.82, 2.24) is 5.32 Å². The lowest BCUT2D eigenvalue weighted by atomic mass is 9.75. The fourth-order valence-corrected chi connectivity index (χ4v) is 8.92. The van der Waals surface area contributed by atoms with Gasteiger partial charge in [-0.05, 0) is 80.0 Å². The lowest BCUT2D eigenvalue weighted by Gasteiger charge is -2.47. The van der Waals surface area contributed by atoms with Gasteiger partial charge in [0.1, 0.15) is 23.9 Å². The van der Waals surface area contributed by atoms with Gasteiger partial charge in [-0.3, -0.25) is 15.1 Å². The number of nitrogens with two attached hydrogens (primary N) is 1. The third-order valence-corrected chi connectivity index (χ3v) is 12.7. The van der Waals surface area contributed by atoms with Crippen molar-refractivity contribution < 1.29 is 28.5 Å². The molecule has 3 aliphatic rings. The molecular weight excluding hydrogens is 741 g/mol. The zero-order chi connectivity index (χ0) is 39.0. The van der Waals surface area contributed by atoms with E-state index in [-0.39, 0.29) is 58.1 Å². The van der Waals surface area contributed by atoms with E-state index in [9.17, 15) is 19.4 Å². The Hall–Kier alpha value is -2.67. The first-order valence-corrected chi connectivity index (χ1v) is 20.1. The monoisotopic (exact) mass is 794 g/mol. The second-order valence-corrected chi connectivity index (χ2v) is 16.7. The number of halogens is 4. The van der Waals surface area contributed by atoms with Crippen LogP contribution in [0.25, 0.3) is 0 Å². The number of amidine groups is 1. The maximum Gasteiger partial charge on any atom is 0.320 e. The molecule has 1 aromatic rings. The second kappa shape index (κ2) is 19.3. The van der Waals surface area contributed by atoms with Crippen LogP contribution in [0, 0.1) is 29.0 Å². The fourth-order valence-electron chi connectivity index (χ4n) is 6.78. The first-order valence-electron chi connectivity index (χ1n) is 18.2. The molecule has 0 radical (unpaired) electrons. The molecule has 13 heteroatoms. The highest BCUT2D eigenvalue weighted by atomic mass is 35.5. The number of carboxylic acids is 1. The molecule has 8 atom stereocenters. The molecule has 0 bridgehead atoms. The number of aliphatic hydroxyl groups excluding tert-OH is 1. The number of rotatable bonds is 17. The number of nitrogens with one attached hydrogen (secondary N) is 1. The van der Waals surface area contributed by atoms with E-state index in [1.165, 1.54) is 18.2 Å². The predicted molar refractivity (Wildman–Crippen MR) is 214 cm³/mol. The van der Waals surface area contributed by atoms with Gasteiger partial charge in [0, 0.05) is 58.6 Å². The summed E-state index contributed by atoms with van der Waals surface area (Å²) >= 11 is 14.8. The first kappa shape index (κ1) is 43.1. The van der Waals surface area contributed by atoms with Crippen molar-refractivity contribution in [2.45, 2.75) is 95.8 Å². The molecule has 0 spiro atoms. The van der Waals surface area contributed by atoms with Crippen LogP contribution in [0.4, 0.5) is 14.5 Å². The molecule has 1 aromatic carbocycles. The van der Waals surface area contributed by atoms with Crippen LogP contribution in [0.2, 0.25) is 0 Å². The van der Waals surface area contributed by atoms with Gasteiger partial charge < -0.3 is 25.6 Å². The number of carboxylic acid groups (broad SMARTS) is 1. The van der Waals surface area contributed by atoms with E-state index in [0.29, 0.717) is 24.4 Å². The van der Waals surface area contributed by atoms with Gasteiger partial charge in [0.25, 0.3) is 0 Å². The van der Waals surface area contributed by atoms with E-state index >= 15 is 4.39 Å². The van der Waals surface area contributed by atoms with E-state index < -0.39 is 35.4 Å². The number of ether oxygens (including phenoxy) is 1. The smallest absolute Gasteiger partial charge is 0.320 e. The largest absolute Gasteiger partial charge is 0.480 e. The average Bonchev–Trinajstić information content (AvgIpc) is 3.12. The van der Waals surface area contributed by atoms with E-state index in [1.54, 1.807) is 31.0 Å². The molecule has 0 saturated heterocycles. The Kier molecular flexibility index (Phi) is 15.7. The Morgan fingerprint density at radius 3 is 2.57 bits per heavy atom. The molecule has 0 fully saturated rings. The highest BCUT2D eigenvalue weighted by molar-refractivity contribution is 8.00. The highest BCUT2D eigenvalue weighted by Crippen LogP contribution is 2.48. The maximum atomic E-state index is 15.9. The summed E-state index contributed by atoms with van der Waals surface area (Å²) in [5, 5.41) is 23.4. The fraction of sp³-hybridized carbons (Fsp3) is 0.550. The van der Waals surface area contributed by atoms with Crippen LogP contribution in [0.5, 0.6) is 0 Å². The number of allylic oxidation sites excluding steroid dienone is 5. The molecule has 0 aromatic heterocycles. The van der Waals surface area contributed by atoms with Crippen molar-refractivity contribution in [2.24, 2.45) is 33.9 Å². The summed E-state index contributed by atoms with van der Waals surface area (Å²) in [6.45, 7) is 10.8. The van der Waals surface area contributed by atoms with E-state index in [1.807, 2.05) is 32.1 Å². The molecular formula is C40H54Cl2F2N4O4S. The van der Waals surface area contributed by atoms with E-state index in [0.717, 1.165) is 29.8 Å². The number of hydrogen-bond donors (Lipinski definition) is 4. The summed E-state index contributed by atoms with van der Waals surface area (Å²) in [6.07, 6.45) is 10.4. The summed E-state index contributed by atoms with van der Waals surface area (Å²) in [7, 11) is 1.63. The number of aliphatic hydroxyl groups is 1. The van der Waals surface area contributed by atoms with Crippen LogP contribution in [0.3, 0.4) is 0 Å². The van der Waals surface area contributed by atoms with Crippen LogP contribution < -0.4 is 16.0 Å². The van der Waals surface area contributed by atoms with Crippen molar-refractivity contribution in [2.75, 3.05) is 24.3 Å². The average molecular weight is 796 g/mol. The van der Waals surface area contributed by atoms with Crippen LogP contribution in [0.1, 0.15) is 66.7 Å². The van der Waals surface area contributed by atoms with Crippen LogP contribution in [0.15, 0.2) is 87.3 Å². The molecule has 5 N–H and O–H groups in total. The molecule has 1 aliphatic heterocycles. The van der Waals surface area contributed by atoms with Gasteiger partial charge >= 0.3 is 5.97 Å². The predicted octanol–water partition coefficient (Wildman–Crippen LogP) is 8.67. The van der Waals surface area contributed by atoms with Crippen LogP contribution in [-0.4, -0.2) is 70.6 Å². The van der Waals surface area contributed by atoms with Gasteiger partial charge in [0.15, 0.2) is 0 Å². The molecule has 2 aliphatic carbocycles. The van der Waals surface area contributed by atoms with Crippen LogP contribution >= 0.6 is 35.0 Å². The number of nitrogens with zero attached hydrogens (tertiary/aromatic N) is 2. The zero-order valence-electron chi connectivity index (χ0n) is 31.4. The summed E-state index contributed by atoms with van der Waals surface area (Å²) < 4.78 is 35.7. The number of thioether (sulfide) groups is 1. The number of benzene rings is 1. The third-order valence-electron chi connectivity index (χ3n) is 10.5. The Morgan fingerprint density at radius 1 is 1.25 bits per heavy atom. The van der Waals surface area contributed by atoms with Crippen molar-refractivity contribution in [3.8, 4) is 0 Å². The lowest BCUT2D eigenvalue weighted by Crippen LogP contribution is -2.47. The Balaban J connectivity index is 1.50. The number of aliphatic carboxylic acids is 1. The van der Waals surface area contributed by atoms with E-state index in [2.05, 4.69) is 42.1 Å². The van der Waals surface area contributed by atoms with Gasteiger partial charge in [-0.2, -0.15) is 0 Å². The molecule has 0 amide bonds. The molecule has 8 nitrogen and oxygen atoms in total. The second-order valence-electron chi connectivity index (χ2n) is 14.6. The lowest BCUT2D eigenvalue weighted by molar-refractivity contribution is -0.141. The standard InChI is InChI=1S/C40H54Cl2F2N4O4S/c1-7-23(2)36(45)46-18-8-9-33(39(50)51)47-37(49)25-19-31(42)29(32(44)20-25)22-53-38-24(3)10-17-35(48(38)28-14-12-27(43)13-15-28)40(4,5)26-11-16-30(41)34(21-26)52-6/h11-17,20-21,23-25,30,33-34,37-38,47,49H,7-10,18-19,22H2,1-6H3,(H2,45,46)(H,50,51). The van der Waals surface area contributed by atoms with Gasteiger partial charge in [0.2, 0.25) is 0 Å². The van der Waals surface area contributed by atoms with Gasteiger partial charge in [-0.1, -0.05) is 64.4 Å². The quantitative estimate of drug-likeness (QED) is 0.0407. The number of hydrogen-bond acceptors (Lipinski definition) is 7. The zero-order valence-corrected chi connectivity index (χ0v) is 33.7. The molecule has 1 heterocycles. The minimum absolute atomic E-state index is 0.137. The summed E-state index contributed by atoms with van der Waals surface area (Å²) in [6, 6.07) is 5.34. The Morgan fingerprint density at radius 2 is 1.94 bits per heavy atom. The molecule has 4 rings (SSSR count). The summed E-state index contributed by atoms with van der Waals surface area (Å²) in [5.41, 5.74) is 8.68. The van der Waals surface area contributed by atoms with Gasteiger partial charge in [-0.25, -0.2) is 8.78 Å². The molecule has 8 unspecified atom stereocenters. The SMILES string of the molecule is CCC(C)C(N)=NCCCC(NC(O)C1C=C(F)C(CSC2C(C)CC=C(C(C)(C)C3=CC(OC)C(Cl)C=C3)N2c2ccc(F)cc2)=C(Cl)C1)C(=O)O. The minimum atomic E-state index is -1.34. The number of carbonyl (C=O) groups is 1. The Bertz CT molecular complexity index is 1630. The normalized spacial score (nSPS) is 25.8. The molecule has 53 heavy (non-hydrogen) atoms. The number of methoxy groups -OCH3 is 1. The van der Waals surface area contributed by atoms with Gasteiger partial charge in [0.05, 0.1) is 22.7 Å². The summed E-state index contributed by atoms with van der Waals surface area (Å²) in [4.78, 5) is 18.6. The Labute approximate surface area is 327 Å². The third kappa shape index (κ3) is 10.8. The maximum absolute atomic E-state index is 15.9. The van der Waals surface area contributed by atoms with Gasteiger partial charge in [-0.15, -0.1) is 23.4 Å².